The fourth-order valence-electron chi connectivity index (χ4n) is 2.37. The number of rotatable bonds is 11. The molecule has 0 amide bonds. The van der Waals surface area contributed by atoms with Gasteiger partial charge in [0.05, 0.1) is 10.7 Å². The second-order valence-electron chi connectivity index (χ2n) is 5.69. The van der Waals surface area contributed by atoms with Crippen molar-refractivity contribution in [3.8, 4) is 0 Å². The maximum Gasteiger partial charge on any atom is 0.170 e. The zero-order valence-corrected chi connectivity index (χ0v) is 15.2. The molecule has 0 aromatic heterocycles. The Morgan fingerprint density at radius 1 is 0.955 bits per heavy atom. The van der Waals surface area contributed by atoms with E-state index < -0.39 is 0 Å². The predicted molar refractivity (Wildman–Crippen MR) is 103 cm³/mol. The minimum Gasteiger partial charge on any atom is -0.362 e. The lowest BCUT2D eigenvalue weighted by Gasteiger charge is -2.11. The highest BCUT2D eigenvalue weighted by molar-refractivity contribution is 7.80. The lowest BCUT2D eigenvalue weighted by atomic mass is 10.1. The third-order valence-corrected chi connectivity index (χ3v) is 4.26. The van der Waals surface area contributed by atoms with E-state index >= 15 is 0 Å². The summed E-state index contributed by atoms with van der Waals surface area (Å²) in [6, 6.07) is 7.63. The van der Waals surface area contributed by atoms with Gasteiger partial charge >= 0.3 is 0 Å². The third-order valence-electron chi connectivity index (χ3n) is 3.69. The second-order valence-corrected chi connectivity index (χ2v) is 6.50. The van der Waals surface area contributed by atoms with Gasteiger partial charge in [0, 0.05) is 6.54 Å². The van der Waals surface area contributed by atoms with Crippen LogP contribution in [0.1, 0.15) is 64.7 Å². The van der Waals surface area contributed by atoms with Gasteiger partial charge in [-0.15, -0.1) is 0 Å². The molecule has 22 heavy (non-hydrogen) atoms. The highest BCUT2D eigenvalue weighted by Gasteiger charge is 2.00. The molecule has 0 bridgehead atoms. The van der Waals surface area contributed by atoms with Crippen molar-refractivity contribution in [2.75, 3.05) is 11.9 Å². The van der Waals surface area contributed by atoms with Crippen molar-refractivity contribution < 1.29 is 0 Å². The Labute approximate surface area is 146 Å². The van der Waals surface area contributed by atoms with Gasteiger partial charge in [-0.3, -0.25) is 0 Å². The average Bonchev–Trinajstić information content (AvgIpc) is 2.51. The molecular formula is C18H29ClN2S. The van der Waals surface area contributed by atoms with Crippen molar-refractivity contribution in [3.05, 3.63) is 29.3 Å². The fraction of sp³-hybridized carbons (Fsp3) is 0.611. The van der Waals surface area contributed by atoms with E-state index in [1.165, 1.54) is 57.8 Å². The number of hydrogen-bond donors (Lipinski definition) is 2. The summed E-state index contributed by atoms with van der Waals surface area (Å²) in [6.07, 6.45) is 12.0. The minimum absolute atomic E-state index is 0.646. The van der Waals surface area contributed by atoms with Gasteiger partial charge in [0.25, 0.3) is 0 Å². The first-order valence-corrected chi connectivity index (χ1v) is 9.32. The number of benzene rings is 1. The molecule has 0 radical (unpaired) electrons. The standard InChI is InChI=1S/C18H29ClN2S/c1-2-3-4-5-6-7-8-9-12-15-20-18(22)21-17-14-11-10-13-16(17)19/h10-11,13-14H,2-9,12,15H2,1H3,(H2,20,21,22). The number of unbranched alkanes of at least 4 members (excludes halogenated alkanes) is 8. The van der Waals surface area contributed by atoms with Crippen LogP contribution in [0.5, 0.6) is 0 Å². The van der Waals surface area contributed by atoms with Gasteiger partial charge in [-0.1, -0.05) is 82.0 Å². The molecule has 1 rings (SSSR count). The molecule has 0 aliphatic heterocycles. The number of nitrogens with one attached hydrogen (secondary N) is 2. The number of anilines is 1. The highest BCUT2D eigenvalue weighted by Crippen LogP contribution is 2.20. The van der Waals surface area contributed by atoms with Crippen LogP contribution in [-0.4, -0.2) is 11.7 Å². The van der Waals surface area contributed by atoms with Crippen molar-refractivity contribution >= 4 is 34.6 Å². The zero-order chi connectivity index (χ0) is 16.0. The van der Waals surface area contributed by atoms with Gasteiger partial charge in [-0.2, -0.15) is 0 Å². The normalized spacial score (nSPS) is 10.5. The minimum atomic E-state index is 0.646. The summed E-state index contributed by atoms with van der Waals surface area (Å²) in [4.78, 5) is 0. The quantitative estimate of drug-likeness (QED) is 0.372. The fourth-order valence-corrected chi connectivity index (χ4v) is 2.76. The summed E-state index contributed by atoms with van der Waals surface area (Å²) >= 11 is 11.4. The molecule has 2 N–H and O–H groups in total. The number of hydrogen-bond acceptors (Lipinski definition) is 1. The monoisotopic (exact) mass is 340 g/mol. The summed E-state index contributed by atoms with van der Waals surface area (Å²) in [5.41, 5.74) is 0.855. The smallest absolute Gasteiger partial charge is 0.170 e. The van der Waals surface area contributed by atoms with Crippen LogP contribution in [0.15, 0.2) is 24.3 Å². The lowest BCUT2D eigenvalue weighted by molar-refractivity contribution is 0.563. The number of halogens is 1. The van der Waals surface area contributed by atoms with Crippen molar-refractivity contribution in [1.29, 1.82) is 0 Å². The van der Waals surface area contributed by atoms with Crippen molar-refractivity contribution in [2.45, 2.75) is 64.7 Å². The first-order chi connectivity index (χ1) is 10.7. The summed E-state index contributed by atoms with van der Waals surface area (Å²) < 4.78 is 0. The Hall–Kier alpha value is -0.800. The van der Waals surface area contributed by atoms with Gasteiger partial charge in [-0.25, -0.2) is 0 Å². The van der Waals surface area contributed by atoms with Gasteiger partial charge in [0.15, 0.2) is 5.11 Å². The van der Waals surface area contributed by atoms with Crippen molar-refractivity contribution in [2.24, 2.45) is 0 Å². The second kappa shape index (κ2) is 12.7. The SMILES string of the molecule is CCCCCCCCCCCNC(=S)Nc1ccccc1Cl. The molecule has 0 fully saturated rings. The molecule has 0 aliphatic carbocycles. The maximum atomic E-state index is 6.08. The van der Waals surface area contributed by atoms with Crippen LogP contribution in [0.25, 0.3) is 0 Å². The molecule has 4 heteroatoms. The molecule has 0 aliphatic rings. The molecule has 0 unspecified atom stereocenters. The molecule has 2 nitrogen and oxygen atoms in total. The van der Waals surface area contributed by atoms with Gasteiger partial charge in [0.1, 0.15) is 0 Å². The van der Waals surface area contributed by atoms with E-state index in [0.717, 1.165) is 12.2 Å². The summed E-state index contributed by atoms with van der Waals surface area (Å²) in [5.74, 6) is 0. The summed E-state index contributed by atoms with van der Waals surface area (Å²) in [7, 11) is 0. The van der Waals surface area contributed by atoms with Crippen LogP contribution >= 0.6 is 23.8 Å². The molecule has 0 saturated heterocycles. The molecule has 0 atom stereocenters. The largest absolute Gasteiger partial charge is 0.362 e. The Balaban J connectivity index is 1.96. The van der Waals surface area contributed by atoms with Crippen LogP contribution in [-0.2, 0) is 0 Å². The molecular weight excluding hydrogens is 312 g/mol. The molecule has 1 aromatic rings. The average molecular weight is 341 g/mol. The molecule has 0 heterocycles. The predicted octanol–water partition coefficient (Wildman–Crippen LogP) is 6.16. The van der Waals surface area contributed by atoms with E-state index in [4.69, 9.17) is 23.8 Å². The first kappa shape index (κ1) is 19.2. The van der Waals surface area contributed by atoms with E-state index in [9.17, 15) is 0 Å². The van der Waals surface area contributed by atoms with E-state index in [-0.39, 0.29) is 0 Å². The Bertz CT molecular complexity index is 423. The molecule has 0 spiro atoms. The van der Waals surface area contributed by atoms with Crippen LogP contribution in [0.3, 0.4) is 0 Å². The van der Waals surface area contributed by atoms with Crippen LogP contribution < -0.4 is 10.6 Å². The van der Waals surface area contributed by atoms with Crippen LogP contribution in [0.4, 0.5) is 5.69 Å². The Kier molecular flexibility index (Phi) is 11.1. The van der Waals surface area contributed by atoms with Crippen LogP contribution in [0, 0.1) is 0 Å². The topological polar surface area (TPSA) is 24.1 Å². The van der Waals surface area contributed by atoms with E-state index in [1.54, 1.807) is 0 Å². The first-order valence-electron chi connectivity index (χ1n) is 8.53. The zero-order valence-electron chi connectivity index (χ0n) is 13.7. The molecule has 0 saturated carbocycles. The number of para-hydroxylation sites is 1. The van der Waals surface area contributed by atoms with Gasteiger partial charge in [0.2, 0.25) is 0 Å². The molecule has 124 valence electrons. The summed E-state index contributed by atoms with van der Waals surface area (Å²) in [6.45, 7) is 3.18. The molecule has 1 aromatic carbocycles. The Morgan fingerprint density at radius 3 is 2.18 bits per heavy atom. The number of thiocarbonyl (C=S) groups is 1. The summed E-state index contributed by atoms with van der Waals surface area (Å²) in [5, 5.41) is 7.70. The Morgan fingerprint density at radius 2 is 1.55 bits per heavy atom. The maximum absolute atomic E-state index is 6.08. The van der Waals surface area contributed by atoms with E-state index in [2.05, 4.69) is 17.6 Å². The van der Waals surface area contributed by atoms with E-state index in [0.29, 0.717) is 10.1 Å². The van der Waals surface area contributed by atoms with Crippen LogP contribution in [0.2, 0.25) is 5.02 Å². The van der Waals surface area contributed by atoms with Gasteiger partial charge in [-0.05, 0) is 30.8 Å². The van der Waals surface area contributed by atoms with Crippen molar-refractivity contribution in [3.63, 3.8) is 0 Å². The lowest BCUT2D eigenvalue weighted by Crippen LogP contribution is -2.29. The highest BCUT2D eigenvalue weighted by atomic mass is 35.5. The van der Waals surface area contributed by atoms with E-state index in [1.807, 2.05) is 24.3 Å². The third kappa shape index (κ3) is 9.26. The van der Waals surface area contributed by atoms with Crippen molar-refractivity contribution in [1.82, 2.24) is 5.32 Å². The van der Waals surface area contributed by atoms with Gasteiger partial charge < -0.3 is 10.6 Å².